The van der Waals surface area contributed by atoms with E-state index in [0.29, 0.717) is 12.1 Å². The van der Waals surface area contributed by atoms with Crippen molar-refractivity contribution in [1.29, 1.82) is 0 Å². The van der Waals surface area contributed by atoms with Gasteiger partial charge in [-0.3, -0.25) is 4.90 Å². The quantitative estimate of drug-likeness (QED) is 0.676. The number of rotatable bonds is 5. The van der Waals surface area contributed by atoms with Crippen molar-refractivity contribution in [3.63, 3.8) is 0 Å². The van der Waals surface area contributed by atoms with E-state index in [9.17, 15) is 0 Å². The molecular formula is C10H22N2. The Labute approximate surface area is 76.1 Å². The highest BCUT2D eigenvalue weighted by molar-refractivity contribution is 4.81. The number of hydrogen-bond acceptors (Lipinski definition) is 2. The van der Waals surface area contributed by atoms with Crippen molar-refractivity contribution in [2.24, 2.45) is 11.7 Å². The minimum atomic E-state index is 0.295. The molecule has 2 nitrogen and oxygen atoms in total. The average molecular weight is 170 g/mol. The second-order valence-electron chi connectivity index (χ2n) is 4.13. The monoisotopic (exact) mass is 170 g/mol. The van der Waals surface area contributed by atoms with Gasteiger partial charge in [0.25, 0.3) is 0 Å². The van der Waals surface area contributed by atoms with Gasteiger partial charge in [-0.15, -0.1) is 0 Å². The first-order valence-electron chi connectivity index (χ1n) is 5.14. The summed E-state index contributed by atoms with van der Waals surface area (Å²) in [6.45, 7) is 8.95. The minimum Gasteiger partial charge on any atom is -0.327 e. The maximum absolute atomic E-state index is 5.87. The van der Waals surface area contributed by atoms with Crippen LogP contribution < -0.4 is 5.73 Å². The lowest BCUT2D eigenvalue weighted by Gasteiger charge is -2.30. The predicted octanol–water partition coefficient (Wildman–Crippen LogP) is 1.45. The summed E-state index contributed by atoms with van der Waals surface area (Å²) in [5.74, 6) is 0.978. The first kappa shape index (κ1) is 10.0. The van der Waals surface area contributed by atoms with E-state index in [2.05, 4.69) is 25.7 Å². The van der Waals surface area contributed by atoms with Crippen LogP contribution in [0.1, 0.15) is 33.6 Å². The third kappa shape index (κ3) is 2.76. The molecule has 0 heterocycles. The van der Waals surface area contributed by atoms with Crippen molar-refractivity contribution in [2.75, 3.05) is 13.1 Å². The van der Waals surface area contributed by atoms with Crippen LogP contribution in [0.15, 0.2) is 0 Å². The van der Waals surface area contributed by atoms with E-state index in [1.807, 2.05) is 0 Å². The van der Waals surface area contributed by atoms with Crippen LogP contribution in [0.2, 0.25) is 0 Å². The number of likely N-dealkylation sites (N-methyl/N-ethyl adjacent to an activating group) is 1. The van der Waals surface area contributed by atoms with Crippen molar-refractivity contribution in [3.8, 4) is 0 Å². The Balaban J connectivity index is 2.31. The Morgan fingerprint density at radius 3 is 2.33 bits per heavy atom. The van der Waals surface area contributed by atoms with Crippen molar-refractivity contribution < 1.29 is 0 Å². The van der Waals surface area contributed by atoms with Crippen LogP contribution in [-0.2, 0) is 0 Å². The summed E-state index contributed by atoms with van der Waals surface area (Å²) in [5.41, 5.74) is 5.87. The van der Waals surface area contributed by atoms with Gasteiger partial charge in [-0.25, -0.2) is 0 Å². The van der Waals surface area contributed by atoms with Crippen LogP contribution in [-0.4, -0.2) is 30.1 Å². The molecule has 2 unspecified atom stereocenters. The lowest BCUT2D eigenvalue weighted by Crippen LogP contribution is -2.45. The molecule has 0 saturated heterocycles. The lowest BCUT2D eigenvalue weighted by atomic mass is 10.1. The number of nitrogens with two attached hydrogens (primary N) is 1. The summed E-state index contributed by atoms with van der Waals surface area (Å²) in [4.78, 5) is 2.50. The van der Waals surface area contributed by atoms with Gasteiger partial charge in [-0.2, -0.15) is 0 Å². The second-order valence-corrected chi connectivity index (χ2v) is 4.13. The fraction of sp³-hybridized carbons (Fsp3) is 1.00. The highest BCUT2D eigenvalue weighted by atomic mass is 15.2. The van der Waals surface area contributed by atoms with E-state index < -0.39 is 0 Å². The molecule has 1 saturated carbocycles. The maximum Gasteiger partial charge on any atom is 0.0216 e. The van der Waals surface area contributed by atoms with Gasteiger partial charge < -0.3 is 5.73 Å². The highest BCUT2D eigenvalue weighted by Gasteiger charge is 2.26. The average Bonchev–Trinajstić information content (AvgIpc) is 2.82. The van der Waals surface area contributed by atoms with Crippen molar-refractivity contribution >= 4 is 0 Å². The fourth-order valence-corrected chi connectivity index (χ4v) is 1.55. The Morgan fingerprint density at radius 2 is 2.00 bits per heavy atom. The Bertz CT molecular complexity index is 130. The molecule has 0 aromatic carbocycles. The maximum atomic E-state index is 5.87. The molecule has 1 aliphatic carbocycles. The van der Waals surface area contributed by atoms with Gasteiger partial charge >= 0.3 is 0 Å². The zero-order valence-electron chi connectivity index (χ0n) is 8.59. The lowest BCUT2D eigenvalue weighted by molar-refractivity contribution is 0.190. The molecule has 72 valence electrons. The van der Waals surface area contributed by atoms with Crippen LogP contribution in [0.4, 0.5) is 0 Å². The molecular weight excluding hydrogens is 148 g/mol. The minimum absolute atomic E-state index is 0.295. The van der Waals surface area contributed by atoms with Crippen LogP contribution in [0.3, 0.4) is 0 Å². The summed E-state index contributed by atoms with van der Waals surface area (Å²) >= 11 is 0. The van der Waals surface area contributed by atoms with Crippen molar-refractivity contribution in [3.05, 3.63) is 0 Å². The molecule has 12 heavy (non-hydrogen) atoms. The molecule has 2 atom stereocenters. The van der Waals surface area contributed by atoms with E-state index in [1.54, 1.807) is 0 Å². The molecule has 1 rings (SSSR count). The standard InChI is InChI=1S/C10H22N2/c1-4-12(7-10-5-6-10)9(3)8(2)11/h8-10H,4-7,11H2,1-3H3. The normalized spacial score (nSPS) is 22.8. The van der Waals surface area contributed by atoms with Gasteiger partial charge in [0, 0.05) is 18.6 Å². The first-order valence-corrected chi connectivity index (χ1v) is 5.14. The van der Waals surface area contributed by atoms with Gasteiger partial charge in [-0.1, -0.05) is 6.92 Å². The van der Waals surface area contributed by atoms with E-state index in [1.165, 1.54) is 19.4 Å². The van der Waals surface area contributed by atoms with Crippen molar-refractivity contribution in [1.82, 2.24) is 4.90 Å². The molecule has 0 amide bonds. The summed E-state index contributed by atoms with van der Waals surface area (Å²) in [7, 11) is 0. The molecule has 2 heteroatoms. The van der Waals surface area contributed by atoms with Crippen LogP contribution in [0, 0.1) is 5.92 Å². The molecule has 2 N–H and O–H groups in total. The molecule has 0 radical (unpaired) electrons. The fourth-order valence-electron chi connectivity index (χ4n) is 1.55. The second kappa shape index (κ2) is 4.24. The number of nitrogens with zero attached hydrogens (tertiary/aromatic N) is 1. The largest absolute Gasteiger partial charge is 0.327 e. The smallest absolute Gasteiger partial charge is 0.0216 e. The van der Waals surface area contributed by atoms with Gasteiger partial charge in [0.1, 0.15) is 0 Å². The van der Waals surface area contributed by atoms with Crippen LogP contribution >= 0.6 is 0 Å². The van der Waals surface area contributed by atoms with E-state index in [-0.39, 0.29) is 0 Å². The molecule has 1 aliphatic rings. The Morgan fingerprint density at radius 1 is 1.42 bits per heavy atom. The molecule has 0 bridgehead atoms. The predicted molar refractivity (Wildman–Crippen MR) is 53.1 cm³/mol. The van der Waals surface area contributed by atoms with Gasteiger partial charge in [-0.05, 0) is 39.2 Å². The Hall–Kier alpha value is -0.0800. The SMILES string of the molecule is CCN(CC1CC1)C(C)C(C)N. The topological polar surface area (TPSA) is 29.3 Å². The van der Waals surface area contributed by atoms with Gasteiger partial charge in [0.05, 0.1) is 0 Å². The van der Waals surface area contributed by atoms with Gasteiger partial charge in [0.2, 0.25) is 0 Å². The molecule has 0 aromatic heterocycles. The molecule has 1 fully saturated rings. The third-order valence-corrected chi connectivity index (χ3v) is 2.93. The van der Waals surface area contributed by atoms with E-state index in [0.717, 1.165) is 12.5 Å². The zero-order chi connectivity index (χ0) is 9.14. The van der Waals surface area contributed by atoms with Crippen LogP contribution in [0.5, 0.6) is 0 Å². The molecule has 0 aliphatic heterocycles. The van der Waals surface area contributed by atoms with Gasteiger partial charge in [0.15, 0.2) is 0 Å². The Kier molecular flexibility index (Phi) is 3.53. The summed E-state index contributed by atoms with van der Waals surface area (Å²) < 4.78 is 0. The van der Waals surface area contributed by atoms with E-state index in [4.69, 9.17) is 5.73 Å². The molecule has 0 spiro atoms. The molecule has 0 aromatic rings. The summed E-state index contributed by atoms with van der Waals surface area (Å²) in [5, 5.41) is 0. The first-order chi connectivity index (χ1) is 5.65. The number of hydrogen-bond donors (Lipinski definition) is 1. The summed E-state index contributed by atoms with van der Waals surface area (Å²) in [6, 6.07) is 0.833. The zero-order valence-corrected chi connectivity index (χ0v) is 8.59. The third-order valence-electron chi connectivity index (χ3n) is 2.93. The highest BCUT2D eigenvalue weighted by Crippen LogP contribution is 2.30. The van der Waals surface area contributed by atoms with Crippen molar-refractivity contribution in [2.45, 2.75) is 45.7 Å². The summed E-state index contributed by atoms with van der Waals surface area (Å²) in [6.07, 6.45) is 2.87. The van der Waals surface area contributed by atoms with E-state index >= 15 is 0 Å². The van der Waals surface area contributed by atoms with Crippen LogP contribution in [0.25, 0.3) is 0 Å².